The molecule has 2 aliphatic rings. The van der Waals surface area contributed by atoms with E-state index in [2.05, 4.69) is 0 Å². The molecule has 0 aromatic heterocycles. The Morgan fingerprint density at radius 3 is 2.55 bits per heavy atom. The lowest BCUT2D eigenvalue weighted by Gasteiger charge is -2.16. The molecule has 1 aliphatic heterocycles. The first kappa shape index (κ1) is 15.3. The molecule has 6 heteroatoms. The van der Waals surface area contributed by atoms with E-state index in [1.165, 1.54) is 0 Å². The number of carbonyl (C=O) groups excluding carboxylic acids is 1. The van der Waals surface area contributed by atoms with Gasteiger partial charge in [0, 0.05) is 20.2 Å². The Morgan fingerprint density at radius 1 is 1.20 bits per heavy atom. The van der Waals surface area contributed by atoms with Crippen molar-refractivity contribution in [1.29, 1.82) is 0 Å². The molecule has 0 aromatic rings. The Labute approximate surface area is 119 Å². The molecule has 2 rings (SSSR count). The lowest BCUT2D eigenvalue weighted by molar-refractivity contribution is -0.142. The molecule has 0 radical (unpaired) electrons. The highest BCUT2D eigenvalue weighted by atomic mass is 16.5. The summed E-state index contributed by atoms with van der Waals surface area (Å²) in [4.78, 5) is 25.0. The van der Waals surface area contributed by atoms with Crippen molar-refractivity contribution in [3.63, 3.8) is 0 Å². The highest BCUT2D eigenvalue weighted by Gasteiger charge is 2.46. The number of carbonyl (C=O) groups is 2. The van der Waals surface area contributed by atoms with Crippen LogP contribution in [-0.2, 0) is 19.1 Å². The van der Waals surface area contributed by atoms with Crippen LogP contribution >= 0.6 is 0 Å². The molecular weight excluding hydrogens is 262 g/mol. The lowest BCUT2D eigenvalue weighted by atomic mass is 9.92. The summed E-state index contributed by atoms with van der Waals surface area (Å²) in [7, 11) is 1.60. The van der Waals surface area contributed by atoms with E-state index in [1.807, 2.05) is 0 Å². The van der Waals surface area contributed by atoms with Crippen molar-refractivity contribution >= 4 is 11.9 Å². The van der Waals surface area contributed by atoms with Crippen molar-refractivity contribution in [3.8, 4) is 0 Å². The maximum Gasteiger partial charge on any atom is 0.308 e. The summed E-state index contributed by atoms with van der Waals surface area (Å²) < 4.78 is 10.1. The number of carboxylic acid groups (broad SMARTS) is 1. The van der Waals surface area contributed by atoms with Gasteiger partial charge >= 0.3 is 5.97 Å². The van der Waals surface area contributed by atoms with Crippen molar-refractivity contribution in [1.82, 2.24) is 4.90 Å². The third-order valence-corrected chi connectivity index (χ3v) is 4.15. The molecule has 2 atom stereocenters. The van der Waals surface area contributed by atoms with E-state index in [4.69, 9.17) is 9.47 Å². The molecule has 1 aliphatic carbocycles. The molecule has 1 N–H and O–H groups in total. The molecule has 0 unspecified atom stereocenters. The molecule has 1 heterocycles. The molecule has 0 bridgehead atoms. The fourth-order valence-electron chi connectivity index (χ4n) is 2.86. The zero-order chi connectivity index (χ0) is 14.5. The molecule has 1 saturated heterocycles. The topological polar surface area (TPSA) is 76.1 Å². The maximum absolute atomic E-state index is 12.1. The predicted molar refractivity (Wildman–Crippen MR) is 71.2 cm³/mol. The van der Waals surface area contributed by atoms with E-state index in [1.54, 1.807) is 12.0 Å². The van der Waals surface area contributed by atoms with Gasteiger partial charge in [-0.05, 0) is 24.7 Å². The van der Waals surface area contributed by atoms with Gasteiger partial charge in [-0.1, -0.05) is 0 Å². The van der Waals surface area contributed by atoms with Crippen molar-refractivity contribution in [2.75, 3.05) is 40.0 Å². The van der Waals surface area contributed by atoms with E-state index in [0.717, 1.165) is 12.8 Å². The van der Waals surface area contributed by atoms with Crippen LogP contribution in [-0.4, -0.2) is 61.9 Å². The van der Waals surface area contributed by atoms with Crippen molar-refractivity contribution in [2.45, 2.75) is 19.3 Å². The van der Waals surface area contributed by atoms with Crippen LogP contribution in [0.3, 0.4) is 0 Å². The summed E-state index contributed by atoms with van der Waals surface area (Å²) in [6.45, 7) is 2.31. The van der Waals surface area contributed by atoms with Gasteiger partial charge < -0.3 is 19.5 Å². The van der Waals surface area contributed by atoms with Gasteiger partial charge in [-0.25, -0.2) is 0 Å². The van der Waals surface area contributed by atoms with Gasteiger partial charge in [0.1, 0.15) is 0 Å². The Balaban J connectivity index is 1.75. The summed E-state index contributed by atoms with van der Waals surface area (Å²) in [6, 6.07) is 0. The molecule has 0 aromatic carbocycles. The summed E-state index contributed by atoms with van der Waals surface area (Å²) in [6.07, 6.45) is 2.53. The van der Waals surface area contributed by atoms with Crippen LogP contribution in [0.1, 0.15) is 19.3 Å². The minimum atomic E-state index is -0.770. The largest absolute Gasteiger partial charge is 0.481 e. The average molecular weight is 285 g/mol. The number of amides is 1. The smallest absolute Gasteiger partial charge is 0.308 e. The number of likely N-dealkylation sites (tertiary alicyclic amines) is 1. The second-order valence-corrected chi connectivity index (χ2v) is 5.60. The van der Waals surface area contributed by atoms with Gasteiger partial charge in [-0.2, -0.15) is 0 Å². The molecule has 1 saturated carbocycles. The van der Waals surface area contributed by atoms with Crippen LogP contribution < -0.4 is 0 Å². The van der Waals surface area contributed by atoms with Crippen molar-refractivity contribution in [3.05, 3.63) is 0 Å². The van der Waals surface area contributed by atoms with Crippen molar-refractivity contribution in [2.24, 2.45) is 17.8 Å². The third-order valence-electron chi connectivity index (χ3n) is 4.15. The van der Waals surface area contributed by atoms with E-state index < -0.39 is 5.97 Å². The number of aliphatic carboxylic acids is 1. The second kappa shape index (κ2) is 7.04. The first-order valence-corrected chi connectivity index (χ1v) is 7.20. The summed E-state index contributed by atoms with van der Waals surface area (Å²) in [5.41, 5.74) is 0. The van der Waals surface area contributed by atoms with Gasteiger partial charge in [-0.3, -0.25) is 9.59 Å². The van der Waals surface area contributed by atoms with Gasteiger partial charge in [0.25, 0.3) is 0 Å². The van der Waals surface area contributed by atoms with Gasteiger partial charge in [0.05, 0.1) is 32.2 Å². The third kappa shape index (κ3) is 3.93. The SMILES string of the molecule is COCCOCCC(=O)N1C[C@H](C(=O)O)[C@@H](C2CC2)C1. The van der Waals surface area contributed by atoms with Crippen LogP contribution in [0.4, 0.5) is 0 Å². The Kier molecular flexibility index (Phi) is 5.37. The minimum absolute atomic E-state index is 0.00295. The molecule has 2 fully saturated rings. The number of nitrogens with zero attached hydrogens (tertiary/aromatic N) is 1. The van der Waals surface area contributed by atoms with E-state index in [9.17, 15) is 14.7 Å². The monoisotopic (exact) mass is 285 g/mol. The Hall–Kier alpha value is -1.14. The lowest BCUT2D eigenvalue weighted by Crippen LogP contribution is -2.30. The fourth-order valence-corrected chi connectivity index (χ4v) is 2.86. The van der Waals surface area contributed by atoms with Gasteiger partial charge in [-0.15, -0.1) is 0 Å². The molecule has 1 amide bonds. The zero-order valence-corrected chi connectivity index (χ0v) is 11.9. The fraction of sp³-hybridized carbons (Fsp3) is 0.857. The summed E-state index contributed by atoms with van der Waals surface area (Å²) >= 11 is 0. The van der Waals surface area contributed by atoms with Crippen LogP contribution in [0.5, 0.6) is 0 Å². The number of ether oxygens (including phenoxy) is 2. The summed E-state index contributed by atoms with van der Waals surface area (Å²) in [5.74, 6) is -0.510. The quantitative estimate of drug-likeness (QED) is 0.661. The minimum Gasteiger partial charge on any atom is -0.481 e. The highest BCUT2D eigenvalue weighted by Crippen LogP contribution is 2.44. The molecule has 6 nitrogen and oxygen atoms in total. The van der Waals surface area contributed by atoms with Crippen LogP contribution in [0.2, 0.25) is 0 Å². The second-order valence-electron chi connectivity index (χ2n) is 5.60. The van der Waals surface area contributed by atoms with E-state index in [0.29, 0.717) is 45.2 Å². The number of carboxylic acids is 1. The first-order chi connectivity index (χ1) is 9.63. The zero-order valence-electron chi connectivity index (χ0n) is 11.9. The normalized spacial score (nSPS) is 25.9. The number of hydrogen-bond donors (Lipinski definition) is 1. The molecular formula is C14H23NO5. The molecule has 114 valence electrons. The van der Waals surface area contributed by atoms with Crippen molar-refractivity contribution < 1.29 is 24.2 Å². The standard InChI is InChI=1S/C14H23NO5/c1-19-6-7-20-5-4-13(16)15-8-11(10-2-3-10)12(9-15)14(17)18/h10-12H,2-9H2,1H3,(H,17,18)/t11-,12+/m1/s1. The molecule has 20 heavy (non-hydrogen) atoms. The highest BCUT2D eigenvalue weighted by molar-refractivity contribution is 5.79. The van der Waals surface area contributed by atoms with Crippen LogP contribution in [0, 0.1) is 17.8 Å². The predicted octanol–water partition coefficient (Wildman–Crippen LogP) is 0.609. The average Bonchev–Trinajstić information content (AvgIpc) is 3.16. The Morgan fingerprint density at radius 2 is 1.95 bits per heavy atom. The van der Waals surface area contributed by atoms with Crippen LogP contribution in [0.15, 0.2) is 0 Å². The van der Waals surface area contributed by atoms with E-state index >= 15 is 0 Å². The Bertz CT molecular complexity index is 355. The molecule has 0 spiro atoms. The number of hydrogen-bond acceptors (Lipinski definition) is 4. The number of rotatable bonds is 8. The van der Waals surface area contributed by atoms with Crippen LogP contribution in [0.25, 0.3) is 0 Å². The maximum atomic E-state index is 12.1. The summed E-state index contributed by atoms with van der Waals surface area (Å²) in [5, 5.41) is 9.26. The van der Waals surface area contributed by atoms with Gasteiger partial charge in [0.2, 0.25) is 5.91 Å². The van der Waals surface area contributed by atoms with Gasteiger partial charge in [0.15, 0.2) is 0 Å². The first-order valence-electron chi connectivity index (χ1n) is 7.20. The van der Waals surface area contributed by atoms with E-state index in [-0.39, 0.29) is 17.7 Å². The number of methoxy groups -OCH3 is 1.